The summed E-state index contributed by atoms with van der Waals surface area (Å²) in [7, 11) is 0. The van der Waals surface area contributed by atoms with Crippen LogP contribution in [0.1, 0.15) is 13.8 Å². The van der Waals surface area contributed by atoms with Gasteiger partial charge in [0.2, 0.25) is 0 Å². The first-order valence-corrected chi connectivity index (χ1v) is 4.34. The molecular formula is C8H7F6O4-. The van der Waals surface area contributed by atoms with Crippen LogP contribution >= 0.6 is 0 Å². The molecule has 0 N–H and O–H groups in total. The molecule has 0 fully saturated rings. The van der Waals surface area contributed by atoms with Gasteiger partial charge in [0.05, 0.1) is 6.10 Å². The van der Waals surface area contributed by atoms with Crippen LogP contribution in [0, 0.1) is 0 Å². The molecule has 0 rings (SSSR count). The Morgan fingerprint density at radius 1 is 1.00 bits per heavy atom. The van der Waals surface area contributed by atoms with E-state index in [0.717, 1.165) is 13.8 Å². The van der Waals surface area contributed by atoms with Gasteiger partial charge < -0.3 is 14.6 Å². The minimum absolute atomic E-state index is 1.00. The van der Waals surface area contributed by atoms with Crippen molar-refractivity contribution in [2.75, 3.05) is 0 Å². The monoisotopic (exact) mass is 281 g/mol. The molecule has 0 spiro atoms. The van der Waals surface area contributed by atoms with Crippen molar-refractivity contribution in [3.8, 4) is 0 Å². The maximum atomic E-state index is 12.8. The molecule has 0 atom stereocenters. The Balaban J connectivity index is 5.45. The van der Waals surface area contributed by atoms with Crippen molar-refractivity contribution in [1.29, 1.82) is 0 Å². The number of halogens is 6. The fourth-order valence-corrected chi connectivity index (χ4v) is 0.742. The van der Waals surface area contributed by atoms with Gasteiger partial charge in [0, 0.05) is 0 Å². The van der Waals surface area contributed by atoms with Gasteiger partial charge in [-0.2, -0.15) is 26.3 Å². The van der Waals surface area contributed by atoms with E-state index >= 15 is 0 Å². The minimum Gasteiger partial charge on any atom is -0.544 e. The highest BCUT2D eigenvalue weighted by molar-refractivity contribution is 5.83. The molecule has 0 saturated heterocycles. The Labute approximate surface area is 96.5 Å². The van der Waals surface area contributed by atoms with Crippen molar-refractivity contribution in [3.05, 3.63) is 0 Å². The molecule has 0 bridgehead atoms. The fourth-order valence-electron chi connectivity index (χ4n) is 0.742. The van der Waals surface area contributed by atoms with Crippen LogP contribution in [0.4, 0.5) is 26.3 Å². The SMILES string of the molecule is CC(C)OC(=O)C(F)(F)C(F)(F)C(F)(F)C(=O)[O-]. The van der Waals surface area contributed by atoms with E-state index in [4.69, 9.17) is 0 Å². The summed E-state index contributed by atoms with van der Waals surface area (Å²) < 4.78 is 79.5. The van der Waals surface area contributed by atoms with Crippen LogP contribution in [0.25, 0.3) is 0 Å². The summed E-state index contributed by atoms with van der Waals surface area (Å²) in [6.07, 6.45) is -1.28. The van der Waals surface area contributed by atoms with Gasteiger partial charge in [0.1, 0.15) is 5.97 Å². The third-order valence-electron chi connectivity index (χ3n) is 1.64. The summed E-state index contributed by atoms with van der Waals surface area (Å²) in [4.78, 5) is 20.3. The Kier molecular flexibility index (Phi) is 4.27. The van der Waals surface area contributed by atoms with Crippen LogP contribution in [0.3, 0.4) is 0 Å². The van der Waals surface area contributed by atoms with Gasteiger partial charge in [-0.25, -0.2) is 4.79 Å². The highest BCUT2D eigenvalue weighted by atomic mass is 19.3. The van der Waals surface area contributed by atoms with Gasteiger partial charge in [-0.15, -0.1) is 0 Å². The number of aliphatic carboxylic acids is 1. The number of carbonyl (C=O) groups is 2. The molecule has 106 valence electrons. The second kappa shape index (κ2) is 4.65. The number of alkyl halides is 6. The lowest BCUT2D eigenvalue weighted by Crippen LogP contribution is -2.64. The molecule has 4 nitrogen and oxygen atoms in total. The van der Waals surface area contributed by atoms with Crippen molar-refractivity contribution in [1.82, 2.24) is 0 Å². The molecule has 0 aromatic carbocycles. The third kappa shape index (κ3) is 2.51. The molecule has 0 aliphatic heterocycles. The smallest absolute Gasteiger partial charge is 0.411 e. The van der Waals surface area contributed by atoms with E-state index in [1.807, 2.05) is 0 Å². The standard InChI is InChI=1S/C8H8F6O4/c1-3(2)18-5(17)7(11,12)8(13,14)6(9,10)4(15)16/h3H,1-2H3,(H,15,16)/p-1. The molecule has 0 heterocycles. The fraction of sp³-hybridized carbons (Fsp3) is 0.750. The van der Waals surface area contributed by atoms with E-state index in [9.17, 15) is 41.0 Å². The number of rotatable bonds is 5. The van der Waals surface area contributed by atoms with E-state index < -0.39 is 35.8 Å². The molecular weight excluding hydrogens is 274 g/mol. The van der Waals surface area contributed by atoms with E-state index in [-0.39, 0.29) is 0 Å². The zero-order chi connectivity index (χ0) is 14.9. The summed E-state index contributed by atoms with van der Waals surface area (Å²) in [6, 6.07) is 0. The number of carbonyl (C=O) groups excluding carboxylic acids is 2. The molecule has 18 heavy (non-hydrogen) atoms. The second-order valence-electron chi connectivity index (χ2n) is 3.46. The Morgan fingerprint density at radius 3 is 1.67 bits per heavy atom. The Morgan fingerprint density at radius 2 is 1.39 bits per heavy atom. The van der Waals surface area contributed by atoms with Crippen molar-refractivity contribution in [2.45, 2.75) is 37.7 Å². The highest BCUT2D eigenvalue weighted by Gasteiger charge is 2.76. The second-order valence-corrected chi connectivity index (χ2v) is 3.46. The van der Waals surface area contributed by atoms with E-state index in [0.29, 0.717) is 0 Å². The molecule has 0 saturated carbocycles. The molecule has 0 amide bonds. The minimum atomic E-state index is -6.48. The predicted molar refractivity (Wildman–Crippen MR) is 41.1 cm³/mol. The zero-order valence-corrected chi connectivity index (χ0v) is 8.98. The first kappa shape index (κ1) is 16.5. The molecule has 0 aromatic rings. The number of carboxylic acid groups (broad SMARTS) is 1. The normalized spacial score (nSPS) is 13.6. The zero-order valence-electron chi connectivity index (χ0n) is 8.98. The average Bonchev–Trinajstić information content (AvgIpc) is 2.15. The first-order valence-electron chi connectivity index (χ1n) is 4.34. The van der Waals surface area contributed by atoms with E-state index in [1.165, 1.54) is 0 Å². The number of hydrogen-bond acceptors (Lipinski definition) is 4. The van der Waals surface area contributed by atoms with Crippen LogP contribution in [0.2, 0.25) is 0 Å². The summed E-state index contributed by atoms with van der Waals surface area (Å²) in [5, 5.41) is 9.73. The van der Waals surface area contributed by atoms with Crippen molar-refractivity contribution >= 4 is 11.9 Å². The molecule has 0 aliphatic carbocycles. The van der Waals surface area contributed by atoms with Gasteiger partial charge >= 0.3 is 23.7 Å². The molecule has 0 unspecified atom stereocenters. The highest BCUT2D eigenvalue weighted by Crippen LogP contribution is 2.46. The van der Waals surface area contributed by atoms with Crippen LogP contribution in [0.15, 0.2) is 0 Å². The lowest BCUT2D eigenvalue weighted by atomic mass is 10.0. The summed E-state index contributed by atoms with van der Waals surface area (Å²) in [5.74, 6) is -25.4. The predicted octanol–water partition coefficient (Wildman–Crippen LogP) is 0.594. The summed E-state index contributed by atoms with van der Waals surface area (Å²) >= 11 is 0. The topological polar surface area (TPSA) is 66.4 Å². The van der Waals surface area contributed by atoms with Gasteiger partial charge in [0.25, 0.3) is 0 Å². The van der Waals surface area contributed by atoms with Crippen LogP contribution < -0.4 is 5.11 Å². The third-order valence-corrected chi connectivity index (χ3v) is 1.64. The van der Waals surface area contributed by atoms with Gasteiger partial charge in [0.15, 0.2) is 0 Å². The van der Waals surface area contributed by atoms with E-state index in [1.54, 1.807) is 0 Å². The summed E-state index contributed by atoms with van der Waals surface area (Å²) in [5.41, 5.74) is 0. The van der Waals surface area contributed by atoms with Crippen LogP contribution in [-0.4, -0.2) is 35.8 Å². The quantitative estimate of drug-likeness (QED) is 0.546. The lowest BCUT2D eigenvalue weighted by Gasteiger charge is -2.31. The van der Waals surface area contributed by atoms with Crippen molar-refractivity contribution < 1.29 is 45.8 Å². The lowest BCUT2D eigenvalue weighted by molar-refractivity contribution is -0.366. The maximum Gasteiger partial charge on any atom is 0.411 e. The Bertz CT molecular complexity index is 351. The largest absolute Gasteiger partial charge is 0.544 e. The Hall–Kier alpha value is -1.48. The van der Waals surface area contributed by atoms with Gasteiger partial charge in [-0.05, 0) is 13.8 Å². The number of esters is 1. The van der Waals surface area contributed by atoms with Crippen molar-refractivity contribution in [2.24, 2.45) is 0 Å². The number of ether oxygens (including phenoxy) is 1. The molecule has 0 radical (unpaired) electrons. The van der Waals surface area contributed by atoms with Crippen LogP contribution in [0.5, 0.6) is 0 Å². The number of hydrogen-bond donors (Lipinski definition) is 0. The molecule has 0 aromatic heterocycles. The molecule has 10 heteroatoms. The van der Waals surface area contributed by atoms with Crippen LogP contribution in [-0.2, 0) is 14.3 Å². The van der Waals surface area contributed by atoms with Crippen molar-refractivity contribution in [3.63, 3.8) is 0 Å². The first-order chi connectivity index (χ1) is 7.78. The average molecular weight is 281 g/mol. The van der Waals surface area contributed by atoms with E-state index in [2.05, 4.69) is 4.74 Å². The molecule has 0 aliphatic rings. The number of carboxylic acids is 1. The summed E-state index contributed by atoms with van der Waals surface area (Å²) in [6.45, 7) is 2.01. The maximum absolute atomic E-state index is 12.8. The van der Waals surface area contributed by atoms with Gasteiger partial charge in [-0.1, -0.05) is 0 Å². The van der Waals surface area contributed by atoms with Gasteiger partial charge in [-0.3, -0.25) is 0 Å².